The molecule has 1 heterocycles. The van der Waals surface area contributed by atoms with Gasteiger partial charge >= 0.3 is 0 Å². The van der Waals surface area contributed by atoms with Crippen molar-refractivity contribution in [1.82, 2.24) is 4.90 Å². The smallest absolute Gasteiger partial charge is 0.236 e. The Bertz CT molecular complexity index is 364. The van der Waals surface area contributed by atoms with Crippen molar-refractivity contribution in [3.05, 3.63) is 0 Å². The summed E-state index contributed by atoms with van der Waals surface area (Å²) in [7, 11) is 0. The fourth-order valence-electron chi connectivity index (χ4n) is 2.93. The second-order valence-electron chi connectivity index (χ2n) is 4.94. The first-order valence-corrected chi connectivity index (χ1v) is 5.84. The Labute approximate surface area is 95.2 Å². The van der Waals surface area contributed by atoms with Crippen molar-refractivity contribution >= 4 is 11.8 Å². The Morgan fingerprint density at radius 3 is 2.62 bits per heavy atom. The van der Waals surface area contributed by atoms with Gasteiger partial charge in [0, 0.05) is 12.5 Å². The Hall–Kier alpha value is -1.37. The van der Waals surface area contributed by atoms with E-state index in [-0.39, 0.29) is 24.3 Å². The molecule has 16 heavy (non-hydrogen) atoms. The molecule has 2 amide bonds. The van der Waals surface area contributed by atoms with Crippen molar-refractivity contribution < 1.29 is 9.59 Å². The summed E-state index contributed by atoms with van der Waals surface area (Å²) in [6.07, 6.45) is 4.36. The van der Waals surface area contributed by atoms with E-state index in [0.29, 0.717) is 6.42 Å². The van der Waals surface area contributed by atoms with Gasteiger partial charge in [0.2, 0.25) is 11.8 Å². The molecular formula is C12H16N2O2. The van der Waals surface area contributed by atoms with Crippen LogP contribution in [0.2, 0.25) is 0 Å². The molecule has 2 aliphatic rings. The molecule has 1 unspecified atom stereocenters. The van der Waals surface area contributed by atoms with E-state index in [9.17, 15) is 9.59 Å². The molecule has 0 bridgehead atoms. The van der Waals surface area contributed by atoms with Gasteiger partial charge in [0.15, 0.2) is 0 Å². The van der Waals surface area contributed by atoms with E-state index in [1.807, 2.05) is 6.07 Å². The molecular weight excluding hydrogens is 204 g/mol. The van der Waals surface area contributed by atoms with Gasteiger partial charge in [0.25, 0.3) is 0 Å². The molecule has 1 aliphatic carbocycles. The molecule has 1 atom stereocenters. The molecule has 2 fully saturated rings. The van der Waals surface area contributed by atoms with Crippen molar-refractivity contribution in [3.8, 4) is 6.07 Å². The first kappa shape index (κ1) is 11.1. The average molecular weight is 220 g/mol. The first-order chi connectivity index (χ1) is 7.60. The van der Waals surface area contributed by atoms with E-state index < -0.39 is 5.41 Å². The maximum Gasteiger partial charge on any atom is 0.236 e. The number of hydrogen-bond acceptors (Lipinski definition) is 3. The minimum Gasteiger partial charge on any atom is -0.278 e. The van der Waals surface area contributed by atoms with Crippen molar-refractivity contribution in [2.75, 3.05) is 0 Å². The zero-order chi connectivity index (χ0) is 11.8. The van der Waals surface area contributed by atoms with Gasteiger partial charge < -0.3 is 0 Å². The monoisotopic (exact) mass is 220 g/mol. The van der Waals surface area contributed by atoms with Crippen LogP contribution in [0.1, 0.15) is 45.4 Å². The summed E-state index contributed by atoms with van der Waals surface area (Å²) in [5.41, 5.74) is -0.402. The molecule has 4 heteroatoms. The van der Waals surface area contributed by atoms with Crippen LogP contribution in [0.25, 0.3) is 0 Å². The van der Waals surface area contributed by atoms with Gasteiger partial charge in [-0.2, -0.15) is 5.26 Å². The minimum absolute atomic E-state index is 0.0299. The van der Waals surface area contributed by atoms with Gasteiger partial charge in [-0.1, -0.05) is 12.8 Å². The number of nitriles is 1. The number of carbonyl (C=O) groups is 2. The highest BCUT2D eigenvalue weighted by Gasteiger charge is 2.53. The number of nitrogens with zero attached hydrogens (tertiary/aromatic N) is 2. The maximum absolute atomic E-state index is 12.3. The number of imide groups is 1. The highest BCUT2D eigenvalue weighted by atomic mass is 16.2. The minimum atomic E-state index is -0.402. The summed E-state index contributed by atoms with van der Waals surface area (Å²) >= 11 is 0. The Morgan fingerprint density at radius 2 is 2.06 bits per heavy atom. The predicted octanol–water partition coefficient (Wildman–Crippen LogP) is 1.61. The second kappa shape index (κ2) is 3.89. The van der Waals surface area contributed by atoms with Gasteiger partial charge in [-0.05, 0) is 19.8 Å². The predicted molar refractivity (Wildman–Crippen MR) is 57.1 cm³/mol. The molecule has 1 saturated carbocycles. The SMILES string of the molecule is CC(CC#N)N1C(=O)CC2(CCCC2)C1=O. The van der Waals surface area contributed by atoms with Crippen LogP contribution in [0, 0.1) is 16.7 Å². The summed E-state index contributed by atoms with van der Waals surface area (Å²) in [5, 5.41) is 8.63. The topological polar surface area (TPSA) is 61.2 Å². The lowest BCUT2D eigenvalue weighted by molar-refractivity contribution is -0.143. The van der Waals surface area contributed by atoms with E-state index in [4.69, 9.17) is 5.26 Å². The fraction of sp³-hybridized carbons (Fsp3) is 0.750. The van der Waals surface area contributed by atoms with Crippen LogP contribution >= 0.6 is 0 Å². The van der Waals surface area contributed by atoms with Gasteiger partial charge in [0.05, 0.1) is 17.9 Å². The number of hydrogen-bond donors (Lipinski definition) is 0. The van der Waals surface area contributed by atoms with Crippen molar-refractivity contribution in [3.63, 3.8) is 0 Å². The van der Waals surface area contributed by atoms with E-state index in [2.05, 4.69) is 0 Å². The van der Waals surface area contributed by atoms with E-state index >= 15 is 0 Å². The summed E-state index contributed by atoms with van der Waals surface area (Å²) < 4.78 is 0. The Balaban J connectivity index is 2.20. The van der Waals surface area contributed by atoms with Crippen molar-refractivity contribution in [2.24, 2.45) is 5.41 Å². The third kappa shape index (κ3) is 1.51. The molecule has 4 nitrogen and oxygen atoms in total. The van der Waals surface area contributed by atoms with Crippen LogP contribution in [0.5, 0.6) is 0 Å². The summed E-state index contributed by atoms with van der Waals surface area (Å²) in [5.74, 6) is -0.118. The van der Waals surface area contributed by atoms with Crippen LogP contribution in [-0.2, 0) is 9.59 Å². The molecule has 1 saturated heterocycles. The lowest BCUT2D eigenvalue weighted by Gasteiger charge is -2.24. The molecule has 2 rings (SSSR count). The lowest BCUT2D eigenvalue weighted by Crippen LogP contribution is -2.40. The quantitative estimate of drug-likeness (QED) is 0.664. The summed E-state index contributed by atoms with van der Waals surface area (Å²) in [6.45, 7) is 1.77. The Kier molecular flexibility index (Phi) is 2.71. The summed E-state index contributed by atoms with van der Waals surface area (Å²) in [4.78, 5) is 25.4. The first-order valence-electron chi connectivity index (χ1n) is 5.84. The highest BCUT2D eigenvalue weighted by molar-refractivity contribution is 6.06. The number of rotatable bonds is 2. The second-order valence-corrected chi connectivity index (χ2v) is 4.94. The fourth-order valence-corrected chi connectivity index (χ4v) is 2.93. The van der Waals surface area contributed by atoms with Crippen molar-refractivity contribution in [1.29, 1.82) is 5.26 Å². The number of carbonyl (C=O) groups excluding carboxylic acids is 2. The van der Waals surface area contributed by atoms with Crippen LogP contribution in [0.3, 0.4) is 0 Å². The standard InChI is InChI=1S/C12H16N2O2/c1-9(4-7-13)14-10(15)8-12(11(14)16)5-2-3-6-12/h9H,2-6,8H2,1H3. The molecule has 0 N–H and O–H groups in total. The van der Waals surface area contributed by atoms with Crippen LogP contribution in [0.15, 0.2) is 0 Å². The average Bonchev–Trinajstić information content (AvgIpc) is 2.76. The number of likely N-dealkylation sites (tertiary alicyclic amines) is 1. The third-order valence-electron chi connectivity index (χ3n) is 3.82. The van der Waals surface area contributed by atoms with Gasteiger partial charge in [-0.15, -0.1) is 0 Å². The highest BCUT2D eigenvalue weighted by Crippen LogP contribution is 2.47. The number of amides is 2. The molecule has 0 aromatic heterocycles. The van der Waals surface area contributed by atoms with Gasteiger partial charge in [0.1, 0.15) is 0 Å². The van der Waals surface area contributed by atoms with E-state index in [1.165, 1.54) is 4.90 Å². The largest absolute Gasteiger partial charge is 0.278 e. The molecule has 1 aliphatic heterocycles. The van der Waals surface area contributed by atoms with Gasteiger partial charge in [-0.3, -0.25) is 14.5 Å². The third-order valence-corrected chi connectivity index (χ3v) is 3.82. The van der Waals surface area contributed by atoms with Crippen LogP contribution in [0.4, 0.5) is 0 Å². The lowest BCUT2D eigenvalue weighted by atomic mass is 9.84. The molecule has 86 valence electrons. The van der Waals surface area contributed by atoms with Gasteiger partial charge in [-0.25, -0.2) is 0 Å². The zero-order valence-corrected chi connectivity index (χ0v) is 9.53. The molecule has 0 radical (unpaired) electrons. The molecule has 1 spiro atoms. The van der Waals surface area contributed by atoms with Crippen molar-refractivity contribution in [2.45, 2.75) is 51.5 Å². The molecule has 0 aromatic carbocycles. The normalized spacial score (nSPS) is 25.1. The van der Waals surface area contributed by atoms with Crippen LogP contribution < -0.4 is 0 Å². The summed E-state index contributed by atoms with van der Waals surface area (Å²) in [6, 6.07) is 1.75. The van der Waals surface area contributed by atoms with Crippen LogP contribution in [-0.4, -0.2) is 22.8 Å². The maximum atomic E-state index is 12.3. The Morgan fingerprint density at radius 1 is 1.44 bits per heavy atom. The zero-order valence-electron chi connectivity index (χ0n) is 9.53. The van der Waals surface area contributed by atoms with E-state index in [1.54, 1.807) is 6.92 Å². The molecule has 0 aromatic rings. The van der Waals surface area contributed by atoms with E-state index in [0.717, 1.165) is 25.7 Å².